The highest BCUT2D eigenvalue weighted by Crippen LogP contribution is 2.24. The molecule has 1 heterocycles. The molecule has 0 saturated carbocycles. The zero-order chi connectivity index (χ0) is 28.2. The Kier molecular flexibility index (Phi) is 7.90. The van der Waals surface area contributed by atoms with Gasteiger partial charge in [0, 0.05) is 11.4 Å². The number of benzene rings is 3. The molecular weight excluding hydrogens is 498 g/mol. The van der Waals surface area contributed by atoms with E-state index in [1.165, 1.54) is 21.9 Å². The fourth-order valence-corrected chi connectivity index (χ4v) is 4.19. The Hall–Kier alpha value is -4.79. The van der Waals surface area contributed by atoms with Crippen LogP contribution in [0.25, 0.3) is 0 Å². The molecule has 0 bridgehead atoms. The van der Waals surface area contributed by atoms with Crippen molar-refractivity contribution in [2.24, 2.45) is 0 Å². The third-order valence-corrected chi connectivity index (χ3v) is 5.91. The van der Waals surface area contributed by atoms with Gasteiger partial charge in [0.15, 0.2) is 0 Å². The molecule has 39 heavy (non-hydrogen) atoms. The Morgan fingerprint density at radius 3 is 1.56 bits per heavy atom. The van der Waals surface area contributed by atoms with Crippen LogP contribution >= 0.6 is 0 Å². The number of carbonyl (C=O) groups is 5. The average Bonchev–Trinajstić information content (AvgIpc) is 3.15. The Labute approximate surface area is 226 Å². The molecule has 0 N–H and O–H groups in total. The minimum Gasteiger partial charge on any atom is -0.459 e. The van der Waals surface area contributed by atoms with Crippen molar-refractivity contribution in [2.75, 3.05) is 29.4 Å². The lowest BCUT2D eigenvalue weighted by atomic mass is 10.1. The van der Waals surface area contributed by atoms with Crippen molar-refractivity contribution >= 4 is 41.0 Å². The average molecular weight is 528 g/mol. The van der Waals surface area contributed by atoms with Crippen molar-refractivity contribution in [3.05, 3.63) is 96.1 Å². The zero-order valence-corrected chi connectivity index (χ0v) is 22.0. The van der Waals surface area contributed by atoms with Gasteiger partial charge in [-0.25, -0.2) is 0 Å². The minimum absolute atomic E-state index is 0.227. The lowest BCUT2D eigenvalue weighted by Crippen LogP contribution is -2.49. The van der Waals surface area contributed by atoms with Crippen LogP contribution in [0.5, 0.6) is 0 Å². The summed E-state index contributed by atoms with van der Waals surface area (Å²) >= 11 is 0. The number of ether oxygens (including phenoxy) is 1. The molecule has 4 amide bonds. The van der Waals surface area contributed by atoms with Gasteiger partial charge in [0.25, 0.3) is 11.8 Å². The van der Waals surface area contributed by atoms with Gasteiger partial charge < -0.3 is 9.64 Å². The van der Waals surface area contributed by atoms with Gasteiger partial charge in [0.1, 0.15) is 25.2 Å². The standard InChI is InChI=1S/C30H29N3O6/c1-30(2,3)39-27(36)20-32(22-14-8-5-9-15-22)25(34)18-31(21-12-6-4-7-13-21)26(35)19-33-28(37)23-16-10-11-17-24(23)29(33)38/h4-17H,18-20H2,1-3H3. The summed E-state index contributed by atoms with van der Waals surface area (Å²) in [5.41, 5.74) is 0.559. The van der Waals surface area contributed by atoms with E-state index in [0.717, 1.165) is 4.90 Å². The summed E-state index contributed by atoms with van der Waals surface area (Å²) in [6.45, 7) is 3.84. The molecular formula is C30H29N3O6. The van der Waals surface area contributed by atoms with E-state index >= 15 is 0 Å². The molecule has 3 aromatic rings. The number of nitrogens with zero attached hydrogens (tertiary/aromatic N) is 3. The van der Waals surface area contributed by atoms with E-state index in [-0.39, 0.29) is 17.7 Å². The van der Waals surface area contributed by atoms with Crippen molar-refractivity contribution in [3.8, 4) is 0 Å². The van der Waals surface area contributed by atoms with Gasteiger partial charge >= 0.3 is 5.97 Å². The zero-order valence-electron chi connectivity index (χ0n) is 22.0. The first-order chi connectivity index (χ1) is 18.5. The molecule has 0 unspecified atom stereocenters. The highest BCUT2D eigenvalue weighted by atomic mass is 16.6. The Bertz CT molecular complexity index is 1360. The number of anilines is 2. The third kappa shape index (κ3) is 6.38. The first kappa shape index (κ1) is 27.3. The number of fused-ring (bicyclic) bond motifs is 1. The quantitative estimate of drug-likeness (QED) is 0.327. The number of para-hydroxylation sites is 2. The van der Waals surface area contributed by atoms with Crippen LogP contribution in [0.15, 0.2) is 84.9 Å². The summed E-state index contributed by atoms with van der Waals surface area (Å²) in [5, 5.41) is 0. The maximum atomic E-state index is 13.7. The van der Waals surface area contributed by atoms with Crippen molar-refractivity contribution < 1.29 is 28.7 Å². The maximum Gasteiger partial charge on any atom is 0.326 e. The van der Waals surface area contributed by atoms with Gasteiger partial charge in [-0.1, -0.05) is 48.5 Å². The highest BCUT2D eigenvalue weighted by Gasteiger charge is 2.38. The second kappa shape index (κ2) is 11.3. The van der Waals surface area contributed by atoms with Gasteiger partial charge in [-0.3, -0.25) is 33.8 Å². The number of imide groups is 1. The normalized spacial score (nSPS) is 12.6. The molecule has 200 valence electrons. The van der Waals surface area contributed by atoms with E-state index < -0.39 is 48.3 Å². The van der Waals surface area contributed by atoms with Gasteiger partial charge in [0.05, 0.1) is 11.1 Å². The van der Waals surface area contributed by atoms with Crippen molar-refractivity contribution in [2.45, 2.75) is 26.4 Å². The molecule has 0 spiro atoms. The number of amides is 4. The van der Waals surface area contributed by atoms with E-state index in [1.807, 2.05) is 0 Å². The topological polar surface area (TPSA) is 104 Å². The molecule has 4 rings (SSSR count). The van der Waals surface area contributed by atoms with E-state index in [4.69, 9.17) is 4.74 Å². The van der Waals surface area contributed by atoms with E-state index in [2.05, 4.69) is 0 Å². The predicted octanol–water partition coefficient (Wildman–Crippen LogP) is 3.69. The van der Waals surface area contributed by atoms with Gasteiger partial charge in [-0.05, 0) is 57.2 Å². The van der Waals surface area contributed by atoms with Crippen LogP contribution in [-0.2, 0) is 19.1 Å². The number of hydrogen-bond donors (Lipinski definition) is 0. The van der Waals surface area contributed by atoms with Crippen LogP contribution < -0.4 is 9.80 Å². The molecule has 0 radical (unpaired) electrons. The van der Waals surface area contributed by atoms with Crippen molar-refractivity contribution in [1.82, 2.24) is 4.90 Å². The first-order valence-corrected chi connectivity index (χ1v) is 12.4. The summed E-state index contributed by atoms with van der Waals surface area (Å²) in [6, 6.07) is 23.4. The number of carbonyl (C=O) groups excluding carboxylic acids is 5. The molecule has 1 aliphatic rings. The SMILES string of the molecule is CC(C)(C)OC(=O)CN(C(=O)CN(C(=O)CN1C(=O)c2ccccc2C1=O)c1ccccc1)c1ccccc1. The summed E-state index contributed by atoms with van der Waals surface area (Å²) in [4.78, 5) is 68.9. The fourth-order valence-electron chi connectivity index (χ4n) is 4.19. The molecule has 1 aliphatic heterocycles. The minimum atomic E-state index is -0.749. The highest BCUT2D eigenvalue weighted by molar-refractivity contribution is 6.23. The molecule has 0 fully saturated rings. The smallest absolute Gasteiger partial charge is 0.326 e. The molecule has 9 nitrogen and oxygen atoms in total. The van der Waals surface area contributed by atoms with Crippen LogP contribution in [0.1, 0.15) is 41.5 Å². The van der Waals surface area contributed by atoms with Gasteiger partial charge in [0.2, 0.25) is 11.8 Å². The van der Waals surface area contributed by atoms with Gasteiger partial charge in [-0.15, -0.1) is 0 Å². The monoisotopic (exact) mass is 527 g/mol. The Morgan fingerprint density at radius 1 is 0.667 bits per heavy atom. The predicted molar refractivity (Wildman–Crippen MR) is 145 cm³/mol. The van der Waals surface area contributed by atoms with E-state index in [1.54, 1.807) is 93.6 Å². The summed E-state index contributed by atoms with van der Waals surface area (Å²) in [7, 11) is 0. The molecule has 0 saturated heterocycles. The van der Waals surface area contributed by atoms with Crippen LogP contribution in [0.2, 0.25) is 0 Å². The number of esters is 1. The summed E-state index contributed by atoms with van der Waals surface area (Å²) in [6.07, 6.45) is 0. The van der Waals surface area contributed by atoms with Crippen molar-refractivity contribution in [1.29, 1.82) is 0 Å². The summed E-state index contributed by atoms with van der Waals surface area (Å²) in [5.74, 6) is -2.93. The molecule has 9 heteroatoms. The molecule has 0 atom stereocenters. The van der Waals surface area contributed by atoms with Crippen LogP contribution in [-0.4, -0.2) is 59.7 Å². The fraction of sp³-hybridized carbons (Fsp3) is 0.233. The molecule has 3 aromatic carbocycles. The second-order valence-corrected chi connectivity index (χ2v) is 9.96. The van der Waals surface area contributed by atoms with E-state index in [0.29, 0.717) is 11.4 Å². The lowest BCUT2D eigenvalue weighted by molar-refractivity contribution is -0.153. The van der Waals surface area contributed by atoms with Crippen LogP contribution in [0, 0.1) is 0 Å². The Balaban J connectivity index is 1.59. The van der Waals surface area contributed by atoms with Gasteiger partial charge in [-0.2, -0.15) is 0 Å². The Morgan fingerprint density at radius 2 is 1.10 bits per heavy atom. The number of hydrogen-bond acceptors (Lipinski definition) is 6. The number of rotatable bonds is 8. The van der Waals surface area contributed by atoms with E-state index in [9.17, 15) is 24.0 Å². The molecule has 0 aromatic heterocycles. The largest absolute Gasteiger partial charge is 0.459 e. The van der Waals surface area contributed by atoms with Crippen LogP contribution in [0.3, 0.4) is 0 Å². The summed E-state index contributed by atoms with van der Waals surface area (Å²) < 4.78 is 5.42. The first-order valence-electron chi connectivity index (χ1n) is 12.4. The third-order valence-electron chi connectivity index (χ3n) is 5.91. The van der Waals surface area contributed by atoms with Crippen molar-refractivity contribution in [3.63, 3.8) is 0 Å². The second-order valence-electron chi connectivity index (χ2n) is 9.96. The molecule has 0 aliphatic carbocycles. The maximum absolute atomic E-state index is 13.7. The van der Waals surface area contributed by atoms with Crippen LogP contribution in [0.4, 0.5) is 11.4 Å². The lowest BCUT2D eigenvalue weighted by Gasteiger charge is -2.29.